The molecule has 1 amide bonds. The SMILES string of the molecule is Cc1ccc(C(=O)Oc2ccc(Br)cc2/C=N\NC(=O)CCc2cc(C(C)(C)C)c(O)c(C(C)(C)C)c2)cc1. The molecule has 7 heteroatoms. The van der Waals surface area contributed by atoms with Crippen molar-refractivity contribution in [3.63, 3.8) is 0 Å². The van der Waals surface area contributed by atoms with Crippen LogP contribution in [-0.4, -0.2) is 23.2 Å². The van der Waals surface area contributed by atoms with E-state index >= 15 is 0 Å². The van der Waals surface area contributed by atoms with Crippen LogP contribution in [0.5, 0.6) is 11.5 Å². The Morgan fingerprint density at radius 2 is 1.54 bits per heavy atom. The van der Waals surface area contributed by atoms with Crippen LogP contribution in [0.25, 0.3) is 0 Å². The van der Waals surface area contributed by atoms with Gasteiger partial charge in [0.05, 0.1) is 11.8 Å². The van der Waals surface area contributed by atoms with E-state index in [0.29, 0.717) is 29.0 Å². The van der Waals surface area contributed by atoms with E-state index in [2.05, 4.69) is 68.0 Å². The number of nitrogens with zero attached hydrogens (tertiary/aromatic N) is 1. The molecule has 0 bridgehead atoms. The highest BCUT2D eigenvalue weighted by Crippen LogP contribution is 2.40. The van der Waals surface area contributed by atoms with Crippen molar-refractivity contribution in [3.05, 3.63) is 92.5 Å². The third-order valence-corrected chi connectivity index (χ3v) is 6.77. The number of rotatable bonds is 7. The van der Waals surface area contributed by atoms with E-state index in [4.69, 9.17) is 4.74 Å². The van der Waals surface area contributed by atoms with Crippen LogP contribution in [0, 0.1) is 6.92 Å². The summed E-state index contributed by atoms with van der Waals surface area (Å²) >= 11 is 3.42. The van der Waals surface area contributed by atoms with Gasteiger partial charge in [-0.05, 0) is 71.2 Å². The molecule has 0 atom stereocenters. The van der Waals surface area contributed by atoms with E-state index in [0.717, 1.165) is 26.7 Å². The summed E-state index contributed by atoms with van der Waals surface area (Å²) in [4.78, 5) is 25.2. The smallest absolute Gasteiger partial charge is 0.343 e. The molecular formula is C32H37BrN2O4. The summed E-state index contributed by atoms with van der Waals surface area (Å²) in [7, 11) is 0. The fraction of sp³-hybridized carbons (Fsp3) is 0.344. The molecule has 0 aliphatic heterocycles. The van der Waals surface area contributed by atoms with Crippen molar-refractivity contribution >= 4 is 34.0 Å². The Morgan fingerprint density at radius 3 is 2.10 bits per heavy atom. The normalized spacial score (nSPS) is 12.0. The average Bonchev–Trinajstić information content (AvgIpc) is 2.83. The monoisotopic (exact) mass is 592 g/mol. The third kappa shape index (κ3) is 8.27. The van der Waals surface area contributed by atoms with Gasteiger partial charge in [0.2, 0.25) is 5.91 Å². The second-order valence-corrected chi connectivity index (χ2v) is 12.7. The number of aryl methyl sites for hydroxylation is 2. The number of esters is 1. The number of halogens is 1. The number of hydrogen-bond acceptors (Lipinski definition) is 5. The number of phenols is 1. The van der Waals surface area contributed by atoms with Gasteiger partial charge in [0, 0.05) is 16.5 Å². The molecule has 2 N–H and O–H groups in total. The van der Waals surface area contributed by atoms with Gasteiger partial charge >= 0.3 is 5.97 Å². The Kier molecular flexibility index (Phi) is 9.38. The van der Waals surface area contributed by atoms with E-state index in [9.17, 15) is 14.7 Å². The van der Waals surface area contributed by atoms with Gasteiger partial charge in [-0.3, -0.25) is 4.79 Å². The lowest BCUT2D eigenvalue weighted by atomic mass is 9.78. The number of aromatic hydroxyl groups is 1. The minimum atomic E-state index is -0.478. The first-order valence-corrected chi connectivity index (χ1v) is 13.7. The van der Waals surface area contributed by atoms with E-state index < -0.39 is 5.97 Å². The Morgan fingerprint density at radius 1 is 0.949 bits per heavy atom. The minimum Gasteiger partial charge on any atom is -0.507 e. The van der Waals surface area contributed by atoms with Gasteiger partial charge in [-0.15, -0.1) is 0 Å². The Hall–Kier alpha value is -3.45. The number of benzene rings is 3. The number of carbonyl (C=O) groups is 2. The van der Waals surface area contributed by atoms with E-state index in [1.807, 2.05) is 31.2 Å². The van der Waals surface area contributed by atoms with Gasteiger partial charge < -0.3 is 9.84 Å². The predicted molar refractivity (Wildman–Crippen MR) is 160 cm³/mol. The molecule has 0 radical (unpaired) electrons. The van der Waals surface area contributed by atoms with Crippen LogP contribution >= 0.6 is 15.9 Å². The summed E-state index contributed by atoms with van der Waals surface area (Å²) < 4.78 is 6.37. The Labute approximate surface area is 239 Å². The van der Waals surface area contributed by atoms with Crippen molar-refractivity contribution < 1.29 is 19.4 Å². The molecule has 0 aliphatic carbocycles. The van der Waals surface area contributed by atoms with Crippen molar-refractivity contribution in [3.8, 4) is 11.5 Å². The summed E-state index contributed by atoms with van der Waals surface area (Å²) in [5, 5.41) is 15.0. The van der Waals surface area contributed by atoms with Crippen LogP contribution < -0.4 is 10.2 Å². The highest BCUT2D eigenvalue weighted by molar-refractivity contribution is 9.10. The zero-order chi connectivity index (χ0) is 29.0. The molecule has 0 saturated heterocycles. The van der Waals surface area contributed by atoms with Gasteiger partial charge in [0.25, 0.3) is 0 Å². The summed E-state index contributed by atoms with van der Waals surface area (Å²) in [5.74, 6) is -0.0766. The highest BCUT2D eigenvalue weighted by atomic mass is 79.9. The summed E-state index contributed by atoms with van der Waals surface area (Å²) in [6, 6.07) is 16.3. The van der Waals surface area contributed by atoms with Crippen LogP contribution in [-0.2, 0) is 22.0 Å². The number of nitrogens with one attached hydrogen (secondary N) is 1. The zero-order valence-electron chi connectivity index (χ0n) is 23.7. The maximum absolute atomic E-state index is 12.6. The van der Waals surface area contributed by atoms with E-state index in [1.54, 1.807) is 30.3 Å². The first-order valence-electron chi connectivity index (χ1n) is 12.9. The zero-order valence-corrected chi connectivity index (χ0v) is 25.3. The number of hydrazone groups is 1. The molecule has 0 unspecified atom stereocenters. The third-order valence-electron chi connectivity index (χ3n) is 6.28. The standard InChI is InChI=1S/C32H37BrN2O4/c1-20-8-11-22(12-9-20)30(38)39-27-14-13-24(33)18-23(27)19-34-35-28(36)15-10-21-16-25(31(2,3)4)29(37)26(17-21)32(5,6)7/h8-9,11-14,16-19,37H,10,15H2,1-7H3,(H,35,36)/b34-19-. The highest BCUT2D eigenvalue weighted by Gasteiger charge is 2.26. The average molecular weight is 594 g/mol. The molecule has 206 valence electrons. The molecule has 0 aromatic heterocycles. The fourth-order valence-electron chi connectivity index (χ4n) is 4.03. The summed E-state index contributed by atoms with van der Waals surface area (Å²) in [6.45, 7) is 14.3. The van der Waals surface area contributed by atoms with Crippen LogP contribution in [0.15, 0.2) is 64.2 Å². The van der Waals surface area contributed by atoms with Gasteiger partial charge in [-0.25, -0.2) is 10.2 Å². The molecule has 6 nitrogen and oxygen atoms in total. The van der Waals surface area contributed by atoms with Gasteiger partial charge in [0.15, 0.2) is 0 Å². The number of hydrogen-bond donors (Lipinski definition) is 2. The van der Waals surface area contributed by atoms with Crippen molar-refractivity contribution in [1.82, 2.24) is 5.43 Å². The largest absolute Gasteiger partial charge is 0.507 e. The van der Waals surface area contributed by atoms with Gasteiger partial charge in [0.1, 0.15) is 11.5 Å². The summed E-state index contributed by atoms with van der Waals surface area (Å²) in [6.07, 6.45) is 2.18. The number of ether oxygens (including phenoxy) is 1. The van der Waals surface area contributed by atoms with Crippen LogP contribution in [0.3, 0.4) is 0 Å². The molecule has 3 rings (SSSR count). The molecular weight excluding hydrogens is 556 g/mol. The molecule has 0 heterocycles. The molecule has 0 fully saturated rings. The van der Waals surface area contributed by atoms with Crippen molar-refractivity contribution in [2.45, 2.75) is 72.1 Å². The Bertz CT molecular complexity index is 1350. The van der Waals surface area contributed by atoms with Crippen molar-refractivity contribution in [2.24, 2.45) is 5.10 Å². The minimum absolute atomic E-state index is 0.225. The molecule has 3 aromatic rings. The van der Waals surface area contributed by atoms with Crippen LogP contribution in [0.4, 0.5) is 0 Å². The maximum atomic E-state index is 12.6. The first kappa shape index (κ1) is 30.1. The van der Waals surface area contributed by atoms with Crippen LogP contribution in [0.1, 0.15) is 86.1 Å². The lowest BCUT2D eigenvalue weighted by Crippen LogP contribution is -2.20. The predicted octanol–water partition coefficient (Wildman–Crippen LogP) is 7.36. The molecule has 0 saturated carbocycles. The number of phenolic OH excluding ortho intramolecular Hbond substituents is 1. The van der Waals surface area contributed by atoms with E-state index in [-0.39, 0.29) is 23.2 Å². The topological polar surface area (TPSA) is 88.0 Å². The van der Waals surface area contributed by atoms with Gasteiger partial charge in [-0.1, -0.05) is 87.3 Å². The molecule has 0 spiro atoms. The second kappa shape index (κ2) is 12.2. The lowest BCUT2D eigenvalue weighted by molar-refractivity contribution is -0.121. The molecule has 39 heavy (non-hydrogen) atoms. The second-order valence-electron chi connectivity index (χ2n) is 11.8. The van der Waals surface area contributed by atoms with Crippen LogP contribution in [0.2, 0.25) is 0 Å². The number of carbonyl (C=O) groups excluding carboxylic acids is 2. The van der Waals surface area contributed by atoms with E-state index in [1.165, 1.54) is 6.21 Å². The van der Waals surface area contributed by atoms with Crippen molar-refractivity contribution in [1.29, 1.82) is 0 Å². The Balaban J connectivity index is 1.69. The molecule has 0 aliphatic rings. The summed E-state index contributed by atoms with van der Waals surface area (Å²) in [5.41, 5.74) is 6.83. The quantitative estimate of drug-likeness (QED) is 0.130. The van der Waals surface area contributed by atoms with Gasteiger partial charge in [-0.2, -0.15) is 5.10 Å². The maximum Gasteiger partial charge on any atom is 0.343 e. The first-order chi connectivity index (χ1) is 18.1. The lowest BCUT2D eigenvalue weighted by Gasteiger charge is -2.28. The fourth-order valence-corrected chi connectivity index (χ4v) is 4.41. The van der Waals surface area contributed by atoms with Crippen molar-refractivity contribution in [2.75, 3.05) is 0 Å². The molecule has 3 aromatic carbocycles. The number of amides is 1.